The first kappa shape index (κ1) is 30.6. The van der Waals surface area contributed by atoms with Crippen molar-refractivity contribution in [3.63, 3.8) is 0 Å². The van der Waals surface area contributed by atoms with Crippen LogP contribution in [-0.2, 0) is 64.8 Å². The second kappa shape index (κ2) is 11.7. The molecule has 113 valence electrons. The van der Waals surface area contributed by atoms with Crippen molar-refractivity contribution in [2.45, 2.75) is 0 Å². The van der Waals surface area contributed by atoms with Gasteiger partial charge in [0.05, 0.1) is 0 Å². The Morgan fingerprint density at radius 2 is 0.647 bits per heavy atom. The molecular weight excluding hydrogens is 410 g/mol. The maximum atomic E-state index is 8.74. The van der Waals surface area contributed by atoms with Crippen molar-refractivity contribution in [1.82, 2.24) is 0 Å². The van der Waals surface area contributed by atoms with E-state index in [1.54, 1.807) is 0 Å². The van der Waals surface area contributed by atoms with Crippen molar-refractivity contribution in [2.24, 2.45) is 0 Å². The molecule has 0 aromatic carbocycles. The van der Waals surface area contributed by atoms with Crippen LogP contribution in [0.5, 0.6) is 0 Å². The minimum absolute atomic E-state index is 0. The summed E-state index contributed by atoms with van der Waals surface area (Å²) in [4.78, 5) is 0. The molecule has 0 aromatic heterocycles. The Bertz CT molecular complexity index is 343. The fraction of sp³-hybridized carbons (Fsp3) is 0. The van der Waals surface area contributed by atoms with E-state index in [1.165, 1.54) is 0 Å². The molecule has 0 aliphatic carbocycles. The average molecular weight is 412 g/mol. The van der Waals surface area contributed by atoms with Crippen LogP contribution in [0.1, 0.15) is 0 Å². The smallest absolute Gasteiger partial charge is 0.759 e. The molecule has 1 radical (unpaired) electrons. The van der Waals surface area contributed by atoms with E-state index in [0.29, 0.717) is 0 Å². The van der Waals surface area contributed by atoms with Crippen LogP contribution in [0.3, 0.4) is 0 Å². The van der Waals surface area contributed by atoms with Gasteiger partial charge in [-0.15, -0.1) is 0 Å². The molecule has 0 bridgehead atoms. The Morgan fingerprint density at radius 1 is 0.647 bits per heavy atom. The van der Waals surface area contributed by atoms with Crippen LogP contribution >= 0.6 is 0 Å². The van der Waals surface area contributed by atoms with Gasteiger partial charge in [0.25, 0.3) is 0 Å². The normalized spacial score (nSPS) is 10.2. The van der Waals surface area contributed by atoms with Gasteiger partial charge in [0.1, 0.15) is 0 Å². The Kier molecular flexibility index (Phi) is 21.0. The Balaban J connectivity index is -0.0000000400. The summed E-state index contributed by atoms with van der Waals surface area (Å²) in [6, 6.07) is 0. The van der Waals surface area contributed by atoms with Crippen LogP contribution in [0, 0.1) is 0 Å². The largest absolute Gasteiger partial charge is 2.00 e. The third-order valence-electron chi connectivity index (χ3n) is 0. The fourth-order valence-corrected chi connectivity index (χ4v) is 0. The average Bonchev–Trinajstić information content (AvgIpc) is 1.41. The van der Waals surface area contributed by atoms with Gasteiger partial charge in [0, 0.05) is 20.8 Å². The topological polar surface area (TPSA) is 235 Å². The van der Waals surface area contributed by atoms with Gasteiger partial charge in [-0.3, -0.25) is 25.9 Å². The minimum Gasteiger partial charge on any atom is -0.759 e. The molecule has 0 atom stereocenters. The molecular formula is H2CuNiO12S3. The molecule has 0 fully saturated rings. The number of hydrogen-bond donors (Lipinski definition) is 2. The fourth-order valence-electron chi connectivity index (χ4n) is 0. The van der Waals surface area contributed by atoms with Gasteiger partial charge in [-0.25, -0.2) is 0 Å². The van der Waals surface area contributed by atoms with Gasteiger partial charge in [-0.2, -0.15) is 8.42 Å². The molecule has 2 N–H and O–H groups in total. The van der Waals surface area contributed by atoms with Crippen LogP contribution in [0.25, 0.3) is 0 Å². The van der Waals surface area contributed by atoms with E-state index in [1.807, 2.05) is 0 Å². The van der Waals surface area contributed by atoms with Crippen LogP contribution < -0.4 is 0 Å². The van der Waals surface area contributed by atoms with Crippen molar-refractivity contribution in [3.8, 4) is 0 Å². The van der Waals surface area contributed by atoms with E-state index in [-0.39, 0.29) is 33.6 Å². The van der Waals surface area contributed by atoms with Crippen molar-refractivity contribution in [2.75, 3.05) is 0 Å². The molecule has 17 heteroatoms. The van der Waals surface area contributed by atoms with Crippen molar-refractivity contribution in [1.29, 1.82) is 0 Å². The molecule has 0 heterocycles. The van der Waals surface area contributed by atoms with Gasteiger partial charge in [-0.1, -0.05) is 0 Å². The van der Waals surface area contributed by atoms with Gasteiger partial charge < -0.3 is 18.2 Å². The zero-order chi connectivity index (χ0) is 13.5. The van der Waals surface area contributed by atoms with E-state index < -0.39 is 31.2 Å². The second-order valence-electron chi connectivity index (χ2n) is 1.26. The summed E-state index contributed by atoms with van der Waals surface area (Å²) in [6.45, 7) is 0. The third-order valence-corrected chi connectivity index (χ3v) is 0. The molecule has 0 aliphatic rings. The predicted molar refractivity (Wildman–Crippen MR) is 35.1 cm³/mol. The summed E-state index contributed by atoms with van der Waals surface area (Å²) in [5.41, 5.74) is 0. The minimum atomic E-state index is -5.17. The van der Waals surface area contributed by atoms with E-state index in [9.17, 15) is 0 Å². The van der Waals surface area contributed by atoms with Gasteiger partial charge in [0.15, 0.2) is 0 Å². The first-order chi connectivity index (χ1) is 6.00. The summed E-state index contributed by atoms with van der Waals surface area (Å²) >= 11 is 0. The maximum absolute atomic E-state index is 8.74. The molecule has 0 aliphatic heterocycles. The van der Waals surface area contributed by atoms with E-state index >= 15 is 0 Å². The first-order valence-corrected chi connectivity index (χ1v) is 6.10. The van der Waals surface area contributed by atoms with Gasteiger partial charge in [-0.05, 0) is 0 Å². The first-order valence-electron chi connectivity index (χ1n) is 2.03. The van der Waals surface area contributed by atoms with Crippen LogP contribution in [0.2, 0.25) is 0 Å². The van der Waals surface area contributed by atoms with Crippen LogP contribution in [0.15, 0.2) is 0 Å². The maximum Gasteiger partial charge on any atom is 2.00 e. The Morgan fingerprint density at radius 3 is 0.647 bits per heavy atom. The summed E-state index contributed by atoms with van der Waals surface area (Å²) < 4.78 is 99.7. The summed E-state index contributed by atoms with van der Waals surface area (Å²) in [5, 5.41) is 0. The van der Waals surface area contributed by atoms with Gasteiger partial charge >= 0.3 is 44.0 Å². The molecule has 12 nitrogen and oxygen atoms in total. The van der Waals surface area contributed by atoms with E-state index in [2.05, 4.69) is 0 Å². The SMILES string of the molecule is O=S(=O)(O)O.O=S(=O)([O-])[O-].O=S(=O)([O-])[O-].[Cu+2].[Ni+2]. The Hall–Kier alpha value is 0.623. The van der Waals surface area contributed by atoms with Crippen molar-refractivity contribution >= 4 is 31.2 Å². The number of rotatable bonds is 0. The number of hydrogen-bond acceptors (Lipinski definition) is 10. The molecule has 0 saturated carbocycles. The zero-order valence-electron chi connectivity index (χ0n) is 6.82. The zero-order valence-corrected chi connectivity index (χ0v) is 11.2. The third kappa shape index (κ3) is 9160. The molecule has 0 rings (SSSR count). The summed E-state index contributed by atoms with van der Waals surface area (Å²) in [6.07, 6.45) is 0. The summed E-state index contributed by atoms with van der Waals surface area (Å²) in [5.74, 6) is 0. The summed E-state index contributed by atoms with van der Waals surface area (Å²) in [7, 11) is -15.0. The Labute approximate surface area is 117 Å². The molecule has 0 amide bonds. The quantitative estimate of drug-likeness (QED) is 0.225. The standard InChI is InChI=1S/Cu.Ni.3H2O4S/c;;3*1-5(2,3)4/h;;3*(H2,1,2,3,4)/q2*+2;;;/p-4. The molecule has 0 unspecified atom stereocenters. The monoisotopic (exact) mass is 411 g/mol. The van der Waals surface area contributed by atoms with E-state index in [0.717, 1.165) is 0 Å². The molecule has 0 spiro atoms. The van der Waals surface area contributed by atoms with Crippen molar-refractivity contribution in [3.05, 3.63) is 0 Å². The van der Waals surface area contributed by atoms with Crippen LogP contribution in [0.4, 0.5) is 0 Å². The molecule has 0 aromatic rings. The molecule has 0 saturated heterocycles. The van der Waals surface area contributed by atoms with Gasteiger partial charge in [0.2, 0.25) is 0 Å². The van der Waals surface area contributed by atoms with Crippen molar-refractivity contribution < 1.29 is 86.1 Å². The van der Waals surface area contributed by atoms with Crippen LogP contribution in [-0.4, -0.2) is 52.6 Å². The molecule has 17 heavy (non-hydrogen) atoms. The van der Waals surface area contributed by atoms with E-state index in [4.69, 9.17) is 52.6 Å². The predicted octanol–water partition coefficient (Wildman–Crippen LogP) is -3.33. The second-order valence-corrected chi connectivity index (χ2v) is 3.79.